The summed E-state index contributed by atoms with van der Waals surface area (Å²) < 4.78 is 11.8. The Bertz CT molecular complexity index is 1300. The van der Waals surface area contributed by atoms with E-state index in [0.717, 1.165) is 23.1 Å². The number of carbonyl (C=O) groups excluding carboxylic acids is 1. The molecule has 1 atom stereocenters. The fourth-order valence-electron chi connectivity index (χ4n) is 4.08. The number of carboxylic acid groups (broad SMARTS) is 1. The number of hydrogen-bond acceptors (Lipinski definition) is 7. The Hall–Kier alpha value is -4.20. The van der Waals surface area contributed by atoms with Crippen molar-refractivity contribution < 1.29 is 23.8 Å². The number of fused-ring (bicyclic) bond motifs is 1. The van der Waals surface area contributed by atoms with Gasteiger partial charge in [0.25, 0.3) is 0 Å². The van der Waals surface area contributed by atoms with Crippen LogP contribution in [0.2, 0.25) is 0 Å². The van der Waals surface area contributed by atoms with Gasteiger partial charge in [-0.15, -0.1) is 0 Å². The number of aromatic nitrogens is 2. The van der Waals surface area contributed by atoms with Crippen molar-refractivity contribution in [1.82, 2.24) is 9.97 Å². The van der Waals surface area contributed by atoms with Crippen LogP contribution < -0.4 is 10.1 Å². The Morgan fingerprint density at radius 3 is 2.43 bits per heavy atom. The van der Waals surface area contributed by atoms with Crippen LogP contribution in [-0.4, -0.2) is 39.5 Å². The molecule has 37 heavy (non-hydrogen) atoms. The summed E-state index contributed by atoms with van der Waals surface area (Å²) >= 11 is 0. The molecule has 2 aromatic heterocycles. The topological polar surface area (TPSA) is 115 Å². The molecule has 8 nitrogen and oxygen atoms in total. The second-order valence-electron chi connectivity index (χ2n) is 9.42. The zero-order valence-electron chi connectivity index (χ0n) is 21.0. The van der Waals surface area contributed by atoms with E-state index in [2.05, 4.69) is 29.1 Å². The summed E-state index contributed by atoms with van der Waals surface area (Å²) in [6.45, 7) is 4.72. The Balaban J connectivity index is 1.34. The van der Waals surface area contributed by atoms with Crippen molar-refractivity contribution in [2.75, 3.05) is 11.9 Å². The first-order valence-electron chi connectivity index (χ1n) is 12.4. The minimum absolute atomic E-state index is 0.00404. The second kappa shape index (κ2) is 12.2. The first-order valence-corrected chi connectivity index (χ1v) is 12.4. The van der Waals surface area contributed by atoms with Crippen LogP contribution >= 0.6 is 0 Å². The molecule has 8 heteroatoms. The van der Waals surface area contributed by atoms with Gasteiger partial charge >= 0.3 is 5.97 Å². The zero-order chi connectivity index (χ0) is 26.2. The van der Waals surface area contributed by atoms with Crippen molar-refractivity contribution in [2.24, 2.45) is 5.92 Å². The maximum absolute atomic E-state index is 12.3. The maximum Gasteiger partial charge on any atom is 0.303 e. The van der Waals surface area contributed by atoms with Crippen LogP contribution in [0.3, 0.4) is 0 Å². The molecule has 0 saturated heterocycles. The third kappa shape index (κ3) is 7.39. The highest BCUT2D eigenvalue weighted by Gasteiger charge is 2.14. The molecule has 2 heterocycles. The van der Waals surface area contributed by atoms with Gasteiger partial charge in [-0.3, -0.25) is 9.59 Å². The molecule has 0 aliphatic carbocycles. The van der Waals surface area contributed by atoms with Crippen molar-refractivity contribution in [1.29, 1.82) is 0 Å². The van der Waals surface area contributed by atoms with E-state index in [0.29, 0.717) is 41.8 Å². The van der Waals surface area contributed by atoms with Crippen molar-refractivity contribution >= 4 is 28.4 Å². The number of hydrogen-bond donors (Lipinski definition) is 2. The molecule has 0 bridgehead atoms. The van der Waals surface area contributed by atoms with Crippen molar-refractivity contribution in [2.45, 2.75) is 45.6 Å². The number of ketones is 1. The van der Waals surface area contributed by atoms with Gasteiger partial charge < -0.3 is 19.6 Å². The number of ether oxygens (including phenoxy) is 1. The van der Waals surface area contributed by atoms with Crippen LogP contribution in [-0.2, 0) is 4.79 Å². The molecule has 2 N–H and O–H groups in total. The van der Waals surface area contributed by atoms with E-state index in [1.165, 1.54) is 0 Å². The van der Waals surface area contributed by atoms with Crippen LogP contribution in [0.1, 0.15) is 49.9 Å². The minimum atomic E-state index is -0.889. The van der Waals surface area contributed by atoms with Gasteiger partial charge in [0.2, 0.25) is 0 Å². The minimum Gasteiger partial charge on any atom is -0.488 e. The van der Waals surface area contributed by atoms with Crippen molar-refractivity contribution in [3.05, 3.63) is 72.6 Å². The Morgan fingerprint density at radius 2 is 1.76 bits per heavy atom. The molecule has 0 unspecified atom stereocenters. The lowest BCUT2D eigenvalue weighted by molar-refractivity contribution is -0.137. The van der Waals surface area contributed by atoms with Gasteiger partial charge in [0.05, 0.1) is 18.4 Å². The van der Waals surface area contributed by atoms with Gasteiger partial charge in [-0.1, -0.05) is 32.0 Å². The number of nitrogens with one attached hydrogen (secondary N) is 1. The van der Waals surface area contributed by atoms with Gasteiger partial charge in [-0.25, -0.2) is 9.97 Å². The van der Waals surface area contributed by atoms with E-state index < -0.39 is 5.97 Å². The Labute approximate surface area is 215 Å². The molecule has 0 fully saturated rings. The summed E-state index contributed by atoms with van der Waals surface area (Å²) in [5, 5.41) is 13.2. The van der Waals surface area contributed by atoms with E-state index in [1.54, 1.807) is 24.5 Å². The Morgan fingerprint density at radius 1 is 1.03 bits per heavy atom. The number of aliphatic carboxylic acids is 1. The van der Waals surface area contributed by atoms with E-state index in [1.807, 2.05) is 42.5 Å². The lowest BCUT2D eigenvalue weighted by Gasteiger charge is -2.22. The van der Waals surface area contributed by atoms with E-state index in [-0.39, 0.29) is 24.7 Å². The molecule has 0 spiro atoms. The lowest BCUT2D eigenvalue weighted by Crippen LogP contribution is -2.28. The summed E-state index contributed by atoms with van der Waals surface area (Å²) in [5.74, 6) is 1.18. The summed E-state index contributed by atoms with van der Waals surface area (Å²) in [5.41, 5.74) is 2.25. The molecule has 0 aliphatic rings. The summed E-state index contributed by atoms with van der Waals surface area (Å²) in [4.78, 5) is 31.7. The number of furan rings is 1. The molecule has 0 amide bonds. The molecular weight excluding hydrogens is 470 g/mol. The Kier molecular flexibility index (Phi) is 8.51. The van der Waals surface area contributed by atoms with Gasteiger partial charge in [0.1, 0.15) is 12.2 Å². The monoisotopic (exact) mass is 501 g/mol. The van der Waals surface area contributed by atoms with Crippen LogP contribution in [0.4, 0.5) is 5.69 Å². The fourth-order valence-corrected chi connectivity index (χ4v) is 4.08. The zero-order valence-corrected chi connectivity index (χ0v) is 21.0. The average Bonchev–Trinajstić information content (AvgIpc) is 3.32. The number of benzene rings is 2. The third-order valence-electron chi connectivity index (χ3n) is 5.85. The fraction of sp³-hybridized carbons (Fsp3) is 0.310. The quantitative estimate of drug-likeness (QED) is 0.207. The third-order valence-corrected chi connectivity index (χ3v) is 5.85. The van der Waals surface area contributed by atoms with E-state index in [9.17, 15) is 9.59 Å². The largest absolute Gasteiger partial charge is 0.488 e. The van der Waals surface area contributed by atoms with Crippen LogP contribution in [0, 0.1) is 5.92 Å². The number of rotatable bonds is 13. The molecule has 0 saturated carbocycles. The predicted octanol–water partition coefficient (Wildman–Crippen LogP) is 6.23. The number of Topliss-reactive ketones (excluding diaryl/α,β-unsaturated/α-hetero) is 1. The number of para-hydroxylation sites is 1. The SMILES string of the molecule is CC(C)C[C@@H](COc1cnc(-c2cc3ccccc3o2)nc1)Nc1ccc(C(=O)CCCC(=O)O)cc1. The van der Waals surface area contributed by atoms with Crippen LogP contribution in [0.25, 0.3) is 22.6 Å². The van der Waals surface area contributed by atoms with Crippen molar-refractivity contribution in [3.8, 4) is 17.3 Å². The lowest BCUT2D eigenvalue weighted by atomic mass is 10.0. The number of nitrogens with zero attached hydrogens (tertiary/aromatic N) is 2. The molecular formula is C29H31N3O5. The highest BCUT2D eigenvalue weighted by molar-refractivity contribution is 5.96. The van der Waals surface area contributed by atoms with Gasteiger partial charge in [-0.05, 0) is 55.2 Å². The normalized spacial score (nSPS) is 12.0. The van der Waals surface area contributed by atoms with Crippen molar-refractivity contribution in [3.63, 3.8) is 0 Å². The number of carboxylic acids is 1. The molecule has 2 aromatic carbocycles. The summed E-state index contributed by atoms with van der Waals surface area (Å²) in [6.07, 6.45) is 4.73. The van der Waals surface area contributed by atoms with Crippen LogP contribution in [0.5, 0.6) is 5.75 Å². The number of anilines is 1. The standard InChI is InChI=1S/C29H31N3O5/c1-19(2)14-23(32-22-12-10-20(11-13-22)25(33)7-5-9-28(34)35)18-36-24-16-30-29(31-17-24)27-15-21-6-3-4-8-26(21)37-27/h3-4,6,8,10-13,15-17,19,23,32H,5,7,9,14,18H2,1-2H3,(H,34,35)/t23-/m0/s1. The molecule has 4 aromatic rings. The first-order chi connectivity index (χ1) is 17.9. The van der Waals surface area contributed by atoms with Crippen LogP contribution in [0.15, 0.2) is 71.4 Å². The highest BCUT2D eigenvalue weighted by Crippen LogP contribution is 2.26. The second-order valence-corrected chi connectivity index (χ2v) is 9.42. The molecule has 0 aliphatic heterocycles. The van der Waals surface area contributed by atoms with E-state index >= 15 is 0 Å². The van der Waals surface area contributed by atoms with E-state index in [4.69, 9.17) is 14.3 Å². The molecule has 192 valence electrons. The average molecular weight is 502 g/mol. The summed E-state index contributed by atoms with van der Waals surface area (Å²) in [7, 11) is 0. The van der Waals surface area contributed by atoms with Gasteiger partial charge in [-0.2, -0.15) is 0 Å². The smallest absolute Gasteiger partial charge is 0.303 e. The number of carbonyl (C=O) groups is 2. The van der Waals surface area contributed by atoms with Gasteiger partial charge in [0, 0.05) is 29.5 Å². The molecule has 4 rings (SSSR count). The predicted molar refractivity (Wildman–Crippen MR) is 142 cm³/mol. The maximum atomic E-state index is 12.3. The summed E-state index contributed by atoms with van der Waals surface area (Å²) in [6, 6.07) is 17.0. The molecule has 0 radical (unpaired) electrons. The highest BCUT2D eigenvalue weighted by atomic mass is 16.5. The first kappa shape index (κ1) is 25.9. The van der Waals surface area contributed by atoms with Gasteiger partial charge in [0.15, 0.2) is 23.1 Å².